The smallest absolute Gasteiger partial charge is 0.222 e. The fraction of sp³-hybridized carbons (Fsp3) is 0.857. The highest BCUT2D eigenvalue weighted by molar-refractivity contribution is 5.79. The van der Waals surface area contributed by atoms with E-state index in [9.17, 15) is 9.59 Å². The van der Waals surface area contributed by atoms with Crippen molar-refractivity contribution in [2.45, 2.75) is 52.1 Å². The Bertz CT molecular complexity index is 301. The zero-order valence-electron chi connectivity index (χ0n) is 12.1. The SMILES string of the molecule is CCN(C[C@@H]1CCCCO1)C(=O)CCC(C)C(N)=O. The monoisotopic (exact) mass is 270 g/mol. The molecule has 1 rings (SSSR count). The van der Waals surface area contributed by atoms with Gasteiger partial charge in [0.05, 0.1) is 6.10 Å². The Labute approximate surface area is 115 Å². The third-order valence-corrected chi connectivity index (χ3v) is 3.71. The Hall–Kier alpha value is -1.10. The predicted molar refractivity (Wildman–Crippen MR) is 73.4 cm³/mol. The van der Waals surface area contributed by atoms with Crippen molar-refractivity contribution in [1.29, 1.82) is 0 Å². The maximum atomic E-state index is 12.1. The van der Waals surface area contributed by atoms with Crippen LogP contribution in [0.3, 0.4) is 0 Å². The van der Waals surface area contributed by atoms with Crippen molar-refractivity contribution in [3.8, 4) is 0 Å². The number of carbonyl (C=O) groups is 2. The minimum absolute atomic E-state index is 0.0878. The molecule has 1 fully saturated rings. The van der Waals surface area contributed by atoms with Crippen LogP contribution in [0.25, 0.3) is 0 Å². The molecule has 2 amide bonds. The summed E-state index contributed by atoms with van der Waals surface area (Å²) in [4.78, 5) is 24.9. The molecule has 0 aromatic carbocycles. The van der Waals surface area contributed by atoms with Gasteiger partial charge in [0.15, 0.2) is 0 Å². The van der Waals surface area contributed by atoms with Gasteiger partial charge < -0.3 is 15.4 Å². The van der Waals surface area contributed by atoms with Crippen molar-refractivity contribution in [3.63, 3.8) is 0 Å². The summed E-state index contributed by atoms with van der Waals surface area (Å²) in [5.74, 6) is -0.496. The van der Waals surface area contributed by atoms with Crippen LogP contribution in [0.4, 0.5) is 0 Å². The molecule has 5 heteroatoms. The average Bonchev–Trinajstić information content (AvgIpc) is 2.42. The molecule has 19 heavy (non-hydrogen) atoms. The predicted octanol–water partition coefficient (Wildman–Crippen LogP) is 1.31. The largest absolute Gasteiger partial charge is 0.376 e. The third-order valence-electron chi connectivity index (χ3n) is 3.71. The number of amides is 2. The molecule has 2 atom stereocenters. The molecule has 1 unspecified atom stereocenters. The van der Waals surface area contributed by atoms with Gasteiger partial charge in [-0.2, -0.15) is 0 Å². The average molecular weight is 270 g/mol. The second-order valence-electron chi connectivity index (χ2n) is 5.26. The first-order chi connectivity index (χ1) is 9.04. The number of nitrogens with zero attached hydrogens (tertiary/aromatic N) is 1. The van der Waals surface area contributed by atoms with Gasteiger partial charge in [-0.15, -0.1) is 0 Å². The van der Waals surface area contributed by atoms with Gasteiger partial charge in [0.1, 0.15) is 0 Å². The first kappa shape index (κ1) is 16.0. The summed E-state index contributed by atoms with van der Waals surface area (Å²) in [7, 11) is 0. The van der Waals surface area contributed by atoms with E-state index < -0.39 is 0 Å². The molecule has 0 spiro atoms. The Kier molecular flexibility index (Phi) is 6.84. The van der Waals surface area contributed by atoms with Crippen molar-refractivity contribution >= 4 is 11.8 Å². The van der Waals surface area contributed by atoms with Crippen LogP contribution in [-0.4, -0.2) is 42.5 Å². The van der Waals surface area contributed by atoms with Crippen LogP contribution in [0, 0.1) is 5.92 Å². The maximum Gasteiger partial charge on any atom is 0.222 e. The summed E-state index contributed by atoms with van der Waals surface area (Å²) >= 11 is 0. The van der Waals surface area contributed by atoms with Gasteiger partial charge in [-0.25, -0.2) is 0 Å². The molecule has 2 N–H and O–H groups in total. The molecule has 1 saturated heterocycles. The van der Waals surface area contributed by atoms with Crippen LogP contribution in [0.15, 0.2) is 0 Å². The summed E-state index contributed by atoms with van der Waals surface area (Å²) in [6.45, 7) is 5.88. The summed E-state index contributed by atoms with van der Waals surface area (Å²) in [6.07, 6.45) is 4.40. The van der Waals surface area contributed by atoms with Crippen LogP contribution in [0.2, 0.25) is 0 Å². The number of primary amides is 1. The minimum Gasteiger partial charge on any atom is -0.376 e. The van der Waals surface area contributed by atoms with Crippen LogP contribution >= 0.6 is 0 Å². The number of likely N-dealkylation sites (N-methyl/N-ethyl adjacent to an activating group) is 1. The number of hydrogen-bond donors (Lipinski definition) is 1. The quantitative estimate of drug-likeness (QED) is 0.758. The molecule has 1 aliphatic rings. The Morgan fingerprint density at radius 1 is 1.42 bits per heavy atom. The molecule has 5 nitrogen and oxygen atoms in total. The standard InChI is InChI=1S/C14H26N2O3/c1-3-16(10-12-6-4-5-9-19-12)13(17)8-7-11(2)14(15)18/h11-12H,3-10H2,1-2H3,(H2,15,18)/t11?,12-/m0/s1. The number of hydrogen-bond acceptors (Lipinski definition) is 3. The van der Waals surface area contributed by atoms with E-state index in [1.165, 1.54) is 6.42 Å². The third kappa shape index (κ3) is 5.59. The van der Waals surface area contributed by atoms with Gasteiger partial charge in [0.2, 0.25) is 11.8 Å². The van der Waals surface area contributed by atoms with Gasteiger partial charge in [-0.05, 0) is 32.6 Å². The molecule has 1 aliphatic heterocycles. The first-order valence-electron chi connectivity index (χ1n) is 7.23. The molecular formula is C14H26N2O3. The van der Waals surface area contributed by atoms with Crippen molar-refractivity contribution in [2.75, 3.05) is 19.7 Å². The highest BCUT2D eigenvalue weighted by Crippen LogP contribution is 2.15. The maximum absolute atomic E-state index is 12.1. The van der Waals surface area contributed by atoms with E-state index in [0.717, 1.165) is 19.4 Å². The van der Waals surface area contributed by atoms with Gasteiger partial charge in [-0.3, -0.25) is 9.59 Å². The van der Waals surface area contributed by atoms with Crippen LogP contribution in [-0.2, 0) is 14.3 Å². The molecule has 0 saturated carbocycles. The molecule has 0 radical (unpaired) electrons. The molecule has 0 aromatic heterocycles. The lowest BCUT2D eigenvalue weighted by Gasteiger charge is -2.29. The lowest BCUT2D eigenvalue weighted by Crippen LogP contribution is -2.39. The van der Waals surface area contributed by atoms with Gasteiger partial charge in [-0.1, -0.05) is 6.92 Å². The molecule has 0 bridgehead atoms. The Balaban J connectivity index is 2.36. The first-order valence-corrected chi connectivity index (χ1v) is 7.23. The highest BCUT2D eigenvalue weighted by Gasteiger charge is 2.21. The summed E-state index contributed by atoms with van der Waals surface area (Å²) < 4.78 is 5.66. The second-order valence-corrected chi connectivity index (χ2v) is 5.26. The number of nitrogens with two attached hydrogens (primary N) is 1. The summed E-state index contributed by atoms with van der Waals surface area (Å²) in [5, 5.41) is 0. The Morgan fingerprint density at radius 2 is 2.16 bits per heavy atom. The van der Waals surface area contributed by atoms with Crippen molar-refractivity contribution < 1.29 is 14.3 Å². The summed E-state index contributed by atoms with van der Waals surface area (Å²) in [5.41, 5.74) is 5.20. The Morgan fingerprint density at radius 3 is 2.68 bits per heavy atom. The number of carbonyl (C=O) groups excluding carboxylic acids is 2. The van der Waals surface area contributed by atoms with Crippen molar-refractivity contribution in [3.05, 3.63) is 0 Å². The minimum atomic E-state index is -0.341. The lowest BCUT2D eigenvalue weighted by atomic mass is 10.0. The second kappa shape index (κ2) is 8.15. The van der Waals surface area contributed by atoms with E-state index in [2.05, 4.69) is 0 Å². The fourth-order valence-electron chi connectivity index (χ4n) is 2.24. The van der Waals surface area contributed by atoms with Crippen molar-refractivity contribution in [2.24, 2.45) is 11.7 Å². The molecule has 0 aliphatic carbocycles. The van der Waals surface area contributed by atoms with Crippen LogP contribution in [0.1, 0.15) is 46.0 Å². The lowest BCUT2D eigenvalue weighted by molar-refractivity contribution is -0.134. The van der Waals surface area contributed by atoms with E-state index in [0.29, 0.717) is 25.9 Å². The number of rotatable bonds is 7. The van der Waals surface area contributed by atoms with E-state index in [1.807, 2.05) is 11.8 Å². The highest BCUT2D eigenvalue weighted by atomic mass is 16.5. The molecule has 1 heterocycles. The van der Waals surface area contributed by atoms with E-state index in [1.54, 1.807) is 6.92 Å². The number of ether oxygens (including phenoxy) is 1. The fourth-order valence-corrected chi connectivity index (χ4v) is 2.24. The van der Waals surface area contributed by atoms with E-state index in [-0.39, 0.29) is 23.8 Å². The zero-order chi connectivity index (χ0) is 14.3. The van der Waals surface area contributed by atoms with E-state index >= 15 is 0 Å². The molecule has 0 aromatic rings. The molecule has 110 valence electrons. The van der Waals surface area contributed by atoms with Gasteiger partial charge in [0.25, 0.3) is 0 Å². The summed E-state index contributed by atoms with van der Waals surface area (Å²) in [6, 6.07) is 0. The van der Waals surface area contributed by atoms with Crippen LogP contribution in [0.5, 0.6) is 0 Å². The van der Waals surface area contributed by atoms with Gasteiger partial charge in [0, 0.05) is 32.0 Å². The van der Waals surface area contributed by atoms with Crippen LogP contribution < -0.4 is 5.73 Å². The van der Waals surface area contributed by atoms with Crippen molar-refractivity contribution in [1.82, 2.24) is 4.90 Å². The zero-order valence-corrected chi connectivity index (χ0v) is 12.1. The topological polar surface area (TPSA) is 72.6 Å². The van der Waals surface area contributed by atoms with E-state index in [4.69, 9.17) is 10.5 Å². The van der Waals surface area contributed by atoms with Gasteiger partial charge >= 0.3 is 0 Å². The normalized spacial score (nSPS) is 20.8. The molecular weight excluding hydrogens is 244 g/mol.